The van der Waals surface area contributed by atoms with Crippen LogP contribution in [0, 0.1) is 10.8 Å². The largest absolute Gasteiger partial charge is 0.508 e. The number of aliphatic carboxylic acids is 2. The number of carboxylic acids is 2. The van der Waals surface area contributed by atoms with Crippen molar-refractivity contribution in [3.8, 4) is 11.5 Å². The first kappa shape index (κ1) is 22.4. The summed E-state index contributed by atoms with van der Waals surface area (Å²) in [6, 6.07) is 3.06. The molecule has 1 aromatic rings. The highest BCUT2D eigenvalue weighted by atomic mass is 16.4. The molecule has 6 heteroatoms. The van der Waals surface area contributed by atoms with E-state index >= 15 is 0 Å². The Morgan fingerprint density at radius 1 is 0.667 bits per heavy atom. The average molecular weight is 419 g/mol. The molecule has 0 spiro atoms. The van der Waals surface area contributed by atoms with Gasteiger partial charge in [0, 0.05) is 11.1 Å². The molecule has 0 aromatic heterocycles. The molecule has 0 aliphatic heterocycles. The Morgan fingerprint density at radius 3 is 1.33 bits per heavy atom. The predicted molar refractivity (Wildman–Crippen MR) is 113 cm³/mol. The quantitative estimate of drug-likeness (QED) is 0.249. The summed E-state index contributed by atoms with van der Waals surface area (Å²) in [6.45, 7) is 0. The molecule has 2 aliphatic rings. The summed E-state index contributed by atoms with van der Waals surface area (Å²) >= 11 is 0. The monoisotopic (exact) mass is 418 g/mol. The summed E-state index contributed by atoms with van der Waals surface area (Å²) in [4.78, 5) is 22.5. The van der Waals surface area contributed by atoms with Crippen LogP contribution < -0.4 is 0 Å². The molecule has 0 radical (unpaired) electrons. The molecule has 166 valence electrons. The van der Waals surface area contributed by atoms with Crippen LogP contribution >= 0.6 is 0 Å². The Labute approximate surface area is 177 Å². The lowest BCUT2D eigenvalue weighted by Gasteiger charge is -2.14. The number of hydrogen-bond acceptors (Lipinski definition) is 4. The van der Waals surface area contributed by atoms with Crippen LogP contribution in [0.3, 0.4) is 0 Å². The Balaban J connectivity index is 1.43. The van der Waals surface area contributed by atoms with Crippen molar-refractivity contribution in [2.45, 2.75) is 89.9 Å². The fraction of sp³-hybridized carbons (Fsp3) is 0.667. The molecule has 3 rings (SSSR count). The summed E-state index contributed by atoms with van der Waals surface area (Å²) in [7, 11) is 0. The van der Waals surface area contributed by atoms with Gasteiger partial charge in [-0.1, -0.05) is 25.7 Å². The summed E-state index contributed by atoms with van der Waals surface area (Å²) in [5.41, 5.74) is 0.632. The lowest BCUT2D eigenvalue weighted by atomic mass is 9.93. The molecule has 6 nitrogen and oxygen atoms in total. The molecule has 30 heavy (non-hydrogen) atoms. The van der Waals surface area contributed by atoms with Gasteiger partial charge in [0.2, 0.25) is 0 Å². The van der Waals surface area contributed by atoms with Crippen LogP contribution in [-0.4, -0.2) is 32.4 Å². The third kappa shape index (κ3) is 5.27. The predicted octanol–water partition coefficient (Wildman–Crippen LogP) is 5.03. The van der Waals surface area contributed by atoms with Crippen LogP contribution in [0.4, 0.5) is 0 Å². The third-order valence-electron chi connectivity index (χ3n) is 7.16. The standard InChI is InChI=1S/C24H34O6/c25-19-9-10-20(26)18(8-4-2-6-12-24(15-16-24)22(29)30)17(19)7-3-1-5-11-23(13-14-23)21(27)28/h9-10,25-26H,1-8,11-16H2,(H,27,28)(H,29,30). The number of phenolic OH excluding ortho intramolecular Hbond substituents is 2. The average Bonchev–Trinajstić information content (AvgIpc) is 3.60. The zero-order chi connectivity index (χ0) is 21.8. The summed E-state index contributed by atoms with van der Waals surface area (Å²) in [6.07, 6.45) is 11.2. The van der Waals surface area contributed by atoms with Crippen LogP contribution in [-0.2, 0) is 22.4 Å². The second-order valence-electron chi connectivity index (χ2n) is 9.35. The fourth-order valence-electron chi connectivity index (χ4n) is 4.55. The van der Waals surface area contributed by atoms with E-state index in [0.29, 0.717) is 12.8 Å². The van der Waals surface area contributed by atoms with E-state index < -0.39 is 22.8 Å². The number of carbonyl (C=O) groups is 2. The number of rotatable bonds is 14. The van der Waals surface area contributed by atoms with Crippen LogP contribution in [0.15, 0.2) is 12.1 Å². The number of carboxylic acid groups (broad SMARTS) is 2. The zero-order valence-corrected chi connectivity index (χ0v) is 17.7. The number of phenols is 2. The smallest absolute Gasteiger partial charge is 0.309 e. The number of aromatic hydroxyl groups is 2. The molecule has 0 heterocycles. The molecule has 2 aliphatic carbocycles. The fourth-order valence-corrected chi connectivity index (χ4v) is 4.55. The van der Waals surface area contributed by atoms with Gasteiger partial charge in [-0.2, -0.15) is 0 Å². The van der Waals surface area contributed by atoms with Gasteiger partial charge in [-0.05, 0) is 76.3 Å². The number of unbranched alkanes of at least 4 members (excludes halogenated alkanes) is 4. The van der Waals surface area contributed by atoms with Gasteiger partial charge in [-0.15, -0.1) is 0 Å². The Hall–Kier alpha value is -2.24. The zero-order valence-electron chi connectivity index (χ0n) is 17.7. The molecule has 2 saturated carbocycles. The van der Waals surface area contributed by atoms with E-state index in [1.807, 2.05) is 0 Å². The van der Waals surface area contributed by atoms with E-state index in [0.717, 1.165) is 88.2 Å². The van der Waals surface area contributed by atoms with Crippen molar-refractivity contribution in [2.24, 2.45) is 10.8 Å². The van der Waals surface area contributed by atoms with Gasteiger partial charge >= 0.3 is 11.9 Å². The van der Waals surface area contributed by atoms with Crippen molar-refractivity contribution in [1.29, 1.82) is 0 Å². The van der Waals surface area contributed by atoms with Gasteiger partial charge in [-0.25, -0.2) is 0 Å². The van der Waals surface area contributed by atoms with Gasteiger partial charge < -0.3 is 20.4 Å². The van der Waals surface area contributed by atoms with Crippen molar-refractivity contribution in [3.63, 3.8) is 0 Å². The normalized spacial score (nSPS) is 18.1. The molecule has 4 N–H and O–H groups in total. The van der Waals surface area contributed by atoms with E-state index in [-0.39, 0.29) is 11.5 Å². The molecular formula is C24H34O6. The summed E-state index contributed by atoms with van der Waals surface area (Å²) < 4.78 is 0. The summed E-state index contributed by atoms with van der Waals surface area (Å²) in [5.74, 6) is -0.942. The van der Waals surface area contributed by atoms with Crippen LogP contribution in [0.5, 0.6) is 11.5 Å². The maximum absolute atomic E-state index is 11.2. The van der Waals surface area contributed by atoms with Crippen LogP contribution in [0.2, 0.25) is 0 Å². The highest BCUT2D eigenvalue weighted by Gasteiger charge is 2.49. The second kappa shape index (κ2) is 9.27. The van der Waals surface area contributed by atoms with Crippen LogP contribution in [0.1, 0.15) is 88.2 Å². The van der Waals surface area contributed by atoms with Gasteiger partial charge in [0.15, 0.2) is 0 Å². The molecule has 0 saturated heterocycles. The van der Waals surface area contributed by atoms with E-state index in [2.05, 4.69) is 0 Å². The molecule has 2 fully saturated rings. The van der Waals surface area contributed by atoms with Crippen molar-refractivity contribution in [3.05, 3.63) is 23.3 Å². The minimum atomic E-state index is -0.675. The SMILES string of the molecule is O=C(O)C1(CCCCCc2c(O)ccc(O)c2CCCCCC2(C(=O)O)CC2)CC1. The van der Waals surface area contributed by atoms with E-state index in [9.17, 15) is 30.0 Å². The number of benzene rings is 1. The highest BCUT2D eigenvalue weighted by Crippen LogP contribution is 2.51. The first-order chi connectivity index (χ1) is 14.3. The second-order valence-corrected chi connectivity index (χ2v) is 9.35. The first-order valence-electron chi connectivity index (χ1n) is 11.3. The molecular weight excluding hydrogens is 384 g/mol. The molecule has 0 amide bonds. The first-order valence-corrected chi connectivity index (χ1v) is 11.3. The van der Waals surface area contributed by atoms with Crippen molar-refractivity contribution in [2.75, 3.05) is 0 Å². The minimum Gasteiger partial charge on any atom is -0.508 e. The summed E-state index contributed by atoms with van der Waals surface area (Å²) in [5, 5.41) is 39.1. The van der Waals surface area contributed by atoms with Crippen molar-refractivity contribution >= 4 is 11.9 Å². The van der Waals surface area contributed by atoms with E-state index in [4.69, 9.17) is 0 Å². The van der Waals surface area contributed by atoms with Gasteiger partial charge in [0.25, 0.3) is 0 Å². The topological polar surface area (TPSA) is 115 Å². The molecule has 1 aromatic carbocycles. The molecule has 0 unspecified atom stereocenters. The lowest BCUT2D eigenvalue weighted by molar-refractivity contribution is -0.144. The molecule has 0 bridgehead atoms. The van der Waals surface area contributed by atoms with Gasteiger partial charge in [0.1, 0.15) is 11.5 Å². The molecule has 0 atom stereocenters. The van der Waals surface area contributed by atoms with Gasteiger partial charge in [-0.3, -0.25) is 9.59 Å². The van der Waals surface area contributed by atoms with Crippen LogP contribution in [0.25, 0.3) is 0 Å². The highest BCUT2D eigenvalue weighted by molar-refractivity contribution is 5.78. The van der Waals surface area contributed by atoms with E-state index in [1.54, 1.807) is 0 Å². The Morgan fingerprint density at radius 2 is 1.03 bits per heavy atom. The van der Waals surface area contributed by atoms with Crippen molar-refractivity contribution < 1.29 is 30.0 Å². The lowest BCUT2D eigenvalue weighted by Crippen LogP contribution is -2.14. The maximum Gasteiger partial charge on any atom is 0.309 e. The van der Waals surface area contributed by atoms with Crippen molar-refractivity contribution in [1.82, 2.24) is 0 Å². The number of hydrogen-bond donors (Lipinski definition) is 4. The Kier molecular flexibility index (Phi) is 6.94. The minimum absolute atomic E-state index is 0.204. The maximum atomic E-state index is 11.2. The Bertz CT molecular complexity index is 711. The van der Waals surface area contributed by atoms with Gasteiger partial charge in [0.05, 0.1) is 10.8 Å². The third-order valence-corrected chi connectivity index (χ3v) is 7.16. The van der Waals surface area contributed by atoms with E-state index in [1.165, 1.54) is 12.1 Å².